The van der Waals surface area contributed by atoms with Crippen molar-refractivity contribution in [2.45, 2.75) is 13.8 Å². The van der Waals surface area contributed by atoms with Crippen LogP contribution in [0.15, 0.2) is 23.8 Å². The number of anilines is 1. The van der Waals surface area contributed by atoms with Crippen molar-refractivity contribution in [2.75, 3.05) is 11.9 Å². The molecule has 0 atom stereocenters. The molecule has 0 amide bonds. The van der Waals surface area contributed by atoms with Crippen LogP contribution in [0.3, 0.4) is 0 Å². The summed E-state index contributed by atoms with van der Waals surface area (Å²) in [4.78, 5) is 4.05. The lowest BCUT2D eigenvalue weighted by Crippen LogP contribution is -2.01. The molecule has 1 rings (SSSR count). The van der Waals surface area contributed by atoms with E-state index in [-0.39, 0.29) is 0 Å². The molecule has 0 bridgehead atoms. The van der Waals surface area contributed by atoms with Crippen LogP contribution in [0.25, 0.3) is 0 Å². The van der Waals surface area contributed by atoms with Crippen molar-refractivity contribution >= 4 is 17.4 Å². The average molecular weight is 222 g/mol. The van der Waals surface area contributed by atoms with Gasteiger partial charge in [0.25, 0.3) is 0 Å². The lowest BCUT2D eigenvalue weighted by molar-refractivity contribution is 1.20. The molecular formula is C11H12ClN3. The number of nitrogens with one attached hydrogen (secondary N) is 1. The summed E-state index contributed by atoms with van der Waals surface area (Å²) >= 11 is 5.75. The zero-order valence-corrected chi connectivity index (χ0v) is 9.47. The highest BCUT2D eigenvalue weighted by Crippen LogP contribution is 2.13. The number of hydrogen-bond acceptors (Lipinski definition) is 3. The molecule has 0 aliphatic rings. The van der Waals surface area contributed by atoms with Gasteiger partial charge in [0.1, 0.15) is 11.0 Å². The van der Waals surface area contributed by atoms with E-state index in [1.54, 1.807) is 6.07 Å². The minimum atomic E-state index is 0.328. The quantitative estimate of drug-likeness (QED) is 0.631. The molecule has 15 heavy (non-hydrogen) atoms. The molecule has 0 saturated carbocycles. The highest BCUT2D eigenvalue weighted by atomic mass is 35.5. The molecule has 0 saturated heterocycles. The number of allylic oxidation sites excluding steroid dienone is 1. The van der Waals surface area contributed by atoms with E-state index in [0.29, 0.717) is 23.1 Å². The van der Waals surface area contributed by atoms with E-state index in [1.807, 2.05) is 26.0 Å². The molecule has 1 N–H and O–H groups in total. The van der Waals surface area contributed by atoms with Gasteiger partial charge in [-0.1, -0.05) is 23.3 Å². The first-order valence-electron chi connectivity index (χ1n) is 4.56. The number of halogens is 1. The van der Waals surface area contributed by atoms with Gasteiger partial charge in [0, 0.05) is 6.54 Å². The summed E-state index contributed by atoms with van der Waals surface area (Å²) in [6.07, 6.45) is 2.04. The van der Waals surface area contributed by atoms with Gasteiger partial charge in [-0.3, -0.25) is 0 Å². The number of hydrogen-bond donors (Lipinski definition) is 1. The third-order valence-electron chi connectivity index (χ3n) is 1.72. The van der Waals surface area contributed by atoms with Crippen molar-refractivity contribution in [1.29, 1.82) is 5.26 Å². The number of nitrogens with zero attached hydrogens (tertiary/aromatic N) is 2. The van der Waals surface area contributed by atoms with E-state index in [0.717, 1.165) is 0 Å². The van der Waals surface area contributed by atoms with Crippen LogP contribution in [0.2, 0.25) is 5.15 Å². The molecule has 0 fully saturated rings. The van der Waals surface area contributed by atoms with Crippen LogP contribution in [-0.4, -0.2) is 11.5 Å². The maximum atomic E-state index is 8.72. The zero-order chi connectivity index (χ0) is 11.3. The Labute approximate surface area is 94.4 Å². The molecule has 1 heterocycles. The van der Waals surface area contributed by atoms with E-state index in [2.05, 4.69) is 10.3 Å². The minimum Gasteiger partial charge on any atom is -0.367 e. The maximum Gasteiger partial charge on any atom is 0.132 e. The third kappa shape index (κ3) is 4.01. The summed E-state index contributed by atoms with van der Waals surface area (Å²) in [5, 5.41) is 12.1. The smallest absolute Gasteiger partial charge is 0.132 e. The highest BCUT2D eigenvalue weighted by Gasteiger charge is 1.99. The Morgan fingerprint density at radius 1 is 1.60 bits per heavy atom. The molecule has 0 aliphatic heterocycles. The highest BCUT2D eigenvalue weighted by molar-refractivity contribution is 6.29. The Bertz CT molecular complexity index is 414. The first-order valence-corrected chi connectivity index (χ1v) is 4.94. The van der Waals surface area contributed by atoms with Crippen molar-refractivity contribution in [3.05, 3.63) is 34.5 Å². The van der Waals surface area contributed by atoms with Crippen molar-refractivity contribution in [1.82, 2.24) is 4.98 Å². The Morgan fingerprint density at radius 3 is 2.93 bits per heavy atom. The second-order valence-electron chi connectivity index (χ2n) is 3.34. The summed E-state index contributed by atoms with van der Waals surface area (Å²) in [5.41, 5.74) is 1.74. The van der Waals surface area contributed by atoms with Crippen LogP contribution in [0.4, 0.5) is 5.82 Å². The van der Waals surface area contributed by atoms with Gasteiger partial charge in [0.15, 0.2) is 0 Å². The van der Waals surface area contributed by atoms with Crippen LogP contribution < -0.4 is 5.32 Å². The molecule has 0 radical (unpaired) electrons. The fraction of sp³-hybridized carbons (Fsp3) is 0.273. The SMILES string of the molecule is CC(C)=CCNc1cc(C#N)cc(Cl)n1. The van der Waals surface area contributed by atoms with Gasteiger partial charge in [-0.15, -0.1) is 0 Å². The second kappa shape index (κ2) is 5.38. The summed E-state index contributed by atoms with van der Waals surface area (Å²) in [7, 11) is 0. The minimum absolute atomic E-state index is 0.328. The number of rotatable bonds is 3. The monoisotopic (exact) mass is 221 g/mol. The van der Waals surface area contributed by atoms with E-state index in [4.69, 9.17) is 16.9 Å². The van der Waals surface area contributed by atoms with Crippen molar-refractivity contribution in [3.63, 3.8) is 0 Å². The van der Waals surface area contributed by atoms with Gasteiger partial charge < -0.3 is 5.32 Å². The molecule has 0 spiro atoms. The fourth-order valence-electron chi connectivity index (χ4n) is 1.01. The van der Waals surface area contributed by atoms with Gasteiger partial charge in [-0.05, 0) is 26.0 Å². The van der Waals surface area contributed by atoms with Gasteiger partial charge >= 0.3 is 0 Å². The number of nitriles is 1. The van der Waals surface area contributed by atoms with E-state index >= 15 is 0 Å². The van der Waals surface area contributed by atoms with Crippen LogP contribution in [0.1, 0.15) is 19.4 Å². The van der Waals surface area contributed by atoms with Crippen LogP contribution in [0.5, 0.6) is 0 Å². The molecule has 4 heteroatoms. The van der Waals surface area contributed by atoms with E-state index in [1.165, 1.54) is 11.6 Å². The lowest BCUT2D eigenvalue weighted by atomic mass is 10.3. The van der Waals surface area contributed by atoms with Gasteiger partial charge in [0.05, 0.1) is 11.6 Å². The summed E-state index contributed by atoms with van der Waals surface area (Å²) < 4.78 is 0. The van der Waals surface area contributed by atoms with Crippen LogP contribution >= 0.6 is 11.6 Å². The van der Waals surface area contributed by atoms with E-state index in [9.17, 15) is 0 Å². The van der Waals surface area contributed by atoms with Crippen molar-refractivity contribution < 1.29 is 0 Å². The second-order valence-corrected chi connectivity index (χ2v) is 3.73. The Kier molecular flexibility index (Phi) is 4.14. The zero-order valence-electron chi connectivity index (χ0n) is 8.71. The Balaban J connectivity index is 2.74. The molecule has 78 valence electrons. The summed E-state index contributed by atoms with van der Waals surface area (Å²) in [6, 6.07) is 5.23. The predicted octanol–water partition coefficient (Wildman–Crippen LogP) is 2.98. The molecule has 0 unspecified atom stereocenters. The fourth-order valence-corrected chi connectivity index (χ4v) is 1.22. The van der Waals surface area contributed by atoms with Gasteiger partial charge in [-0.25, -0.2) is 4.98 Å². The Hall–Kier alpha value is -1.53. The molecule has 0 aromatic carbocycles. The molecule has 1 aromatic heterocycles. The normalized spacial score (nSPS) is 9.20. The van der Waals surface area contributed by atoms with E-state index < -0.39 is 0 Å². The van der Waals surface area contributed by atoms with Crippen LogP contribution in [-0.2, 0) is 0 Å². The number of pyridine rings is 1. The van der Waals surface area contributed by atoms with Crippen molar-refractivity contribution in [2.24, 2.45) is 0 Å². The predicted molar refractivity (Wildman–Crippen MR) is 61.9 cm³/mol. The first-order chi connectivity index (χ1) is 7.11. The molecule has 3 nitrogen and oxygen atoms in total. The summed E-state index contributed by atoms with van der Waals surface area (Å²) in [5.74, 6) is 0.622. The van der Waals surface area contributed by atoms with Crippen molar-refractivity contribution in [3.8, 4) is 6.07 Å². The standard InChI is InChI=1S/C11H12ClN3/c1-8(2)3-4-14-11-6-9(7-13)5-10(12)15-11/h3,5-6H,4H2,1-2H3,(H,14,15). The topological polar surface area (TPSA) is 48.7 Å². The molecule has 0 aliphatic carbocycles. The molecule has 1 aromatic rings. The first kappa shape index (κ1) is 11.5. The summed E-state index contributed by atoms with van der Waals surface area (Å²) in [6.45, 7) is 4.72. The third-order valence-corrected chi connectivity index (χ3v) is 1.91. The van der Waals surface area contributed by atoms with Crippen LogP contribution in [0, 0.1) is 11.3 Å². The largest absolute Gasteiger partial charge is 0.367 e. The Morgan fingerprint density at radius 2 is 2.33 bits per heavy atom. The molecular weight excluding hydrogens is 210 g/mol. The lowest BCUT2D eigenvalue weighted by Gasteiger charge is -2.03. The van der Waals surface area contributed by atoms with Gasteiger partial charge in [0.2, 0.25) is 0 Å². The van der Waals surface area contributed by atoms with Gasteiger partial charge in [-0.2, -0.15) is 5.26 Å². The number of aromatic nitrogens is 1. The maximum absolute atomic E-state index is 8.72. The average Bonchev–Trinajstić information content (AvgIpc) is 2.16.